The second-order valence-electron chi connectivity index (χ2n) is 21.0. The fraction of sp³-hybridized carbons (Fsp3) is 0.946. The van der Waals surface area contributed by atoms with Gasteiger partial charge in [-0.1, -0.05) is 276 Å². The number of amides is 1. The van der Waals surface area contributed by atoms with Crippen molar-refractivity contribution in [1.82, 2.24) is 5.32 Å². The van der Waals surface area contributed by atoms with E-state index in [9.17, 15) is 19.4 Å². The van der Waals surface area contributed by atoms with Crippen molar-refractivity contribution in [3.63, 3.8) is 0 Å². The molecule has 3 atom stereocenters. The number of nitrogens with zero attached hydrogens (tertiary/aromatic N) is 1. The Morgan fingerprint density at radius 3 is 1.15 bits per heavy atom. The number of allylic oxidation sites excluding steroid dienone is 1. The summed E-state index contributed by atoms with van der Waals surface area (Å²) in [6.07, 6.45) is 58.5. The monoisotopic (exact) mass is 941 g/mol. The average molecular weight is 942 g/mol. The van der Waals surface area contributed by atoms with E-state index in [0.29, 0.717) is 17.4 Å². The van der Waals surface area contributed by atoms with Crippen molar-refractivity contribution < 1.29 is 32.9 Å². The third-order valence-corrected chi connectivity index (χ3v) is 14.2. The minimum Gasteiger partial charge on any atom is -0.756 e. The zero-order valence-corrected chi connectivity index (χ0v) is 45.1. The van der Waals surface area contributed by atoms with Crippen LogP contribution in [0.3, 0.4) is 0 Å². The van der Waals surface area contributed by atoms with Gasteiger partial charge < -0.3 is 28.8 Å². The molecule has 0 aliphatic carbocycles. The number of nitrogens with one attached hydrogen (secondary N) is 1. The lowest BCUT2D eigenvalue weighted by molar-refractivity contribution is -0.870. The summed E-state index contributed by atoms with van der Waals surface area (Å²) in [5.41, 5.74) is 0. The van der Waals surface area contributed by atoms with Crippen LogP contribution in [0.1, 0.15) is 290 Å². The van der Waals surface area contributed by atoms with E-state index in [4.69, 9.17) is 9.05 Å². The summed E-state index contributed by atoms with van der Waals surface area (Å²) in [4.78, 5) is 25.5. The van der Waals surface area contributed by atoms with Gasteiger partial charge in [-0.25, -0.2) is 0 Å². The van der Waals surface area contributed by atoms with E-state index in [2.05, 4.69) is 19.2 Å². The number of likely N-dealkylation sites (N-methyl/N-ethyl adjacent to an activating group) is 1. The lowest BCUT2D eigenvalue weighted by Crippen LogP contribution is -2.45. The van der Waals surface area contributed by atoms with Crippen LogP contribution in [0.5, 0.6) is 0 Å². The SMILES string of the molecule is CCCCCCCCCCCCCCCCCCCC/C=C/C(O)C(COP(=O)([O-])OCC[N+](C)(C)C)NC(=O)CCCCCCCCCCCCCCCCCCCCCCCCC. The highest BCUT2D eigenvalue weighted by atomic mass is 31.2. The van der Waals surface area contributed by atoms with Gasteiger partial charge >= 0.3 is 0 Å². The quantitative estimate of drug-likeness (QED) is 0.0272. The topological polar surface area (TPSA) is 108 Å². The Hall–Kier alpha value is -0.760. The molecule has 0 saturated carbocycles. The molecule has 3 unspecified atom stereocenters. The smallest absolute Gasteiger partial charge is 0.268 e. The largest absolute Gasteiger partial charge is 0.756 e. The number of phosphoric acid groups is 1. The fourth-order valence-corrected chi connectivity index (χ4v) is 9.47. The van der Waals surface area contributed by atoms with E-state index < -0.39 is 20.0 Å². The predicted molar refractivity (Wildman–Crippen MR) is 279 cm³/mol. The zero-order chi connectivity index (χ0) is 47.8. The molecule has 2 N–H and O–H groups in total. The number of rotatable bonds is 53. The molecule has 1 amide bonds. The summed E-state index contributed by atoms with van der Waals surface area (Å²) < 4.78 is 23.4. The number of quaternary nitrogens is 1. The van der Waals surface area contributed by atoms with Crippen LogP contribution in [-0.2, 0) is 18.4 Å². The Labute approximate surface area is 405 Å². The molecule has 0 aromatic heterocycles. The summed E-state index contributed by atoms with van der Waals surface area (Å²) >= 11 is 0. The number of carbonyl (C=O) groups is 1. The molecule has 0 heterocycles. The lowest BCUT2D eigenvalue weighted by atomic mass is 10.0. The molecule has 0 bridgehead atoms. The zero-order valence-electron chi connectivity index (χ0n) is 44.2. The molecule has 0 aromatic rings. The first-order chi connectivity index (χ1) is 31.5. The number of phosphoric ester groups is 1. The van der Waals surface area contributed by atoms with E-state index >= 15 is 0 Å². The Morgan fingerprint density at radius 2 is 0.831 bits per heavy atom. The molecule has 0 aliphatic heterocycles. The van der Waals surface area contributed by atoms with Crippen molar-refractivity contribution in [3.8, 4) is 0 Å². The number of hydrogen-bond acceptors (Lipinski definition) is 6. The Morgan fingerprint density at radius 1 is 0.523 bits per heavy atom. The van der Waals surface area contributed by atoms with E-state index in [0.717, 1.165) is 38.5 Å². The summed E-state index contributed by atoms with van der Waals surface area (Å²) in [5, 5.41) is 13.9. The van der Waals surface area contributed by atoms with Crippen molar-refractivity contribution in [2.24, 2.45) is 0 Å². The van der Waals surface area contributed by atoms with Crippen LogP contribution in [0.2, 0.25) is 0 Å². The van der Waals surface area contributed by atoms with Crippen LogP contribution >= 0.6 is 7.82 Å². The number of aliphatic hydroxyl groups excluding tert-OH is 1. The summed E-state index contributed by atoms with van der Waals surface area (Å²) in [6, 6.07) is -0.882. The molecule has 0 spiro atoms. The maximum atomic E-state index is 13.0. The molecule has 388 valence electrons. The van der Waals surface area contributed by atoms with E-state index in [-0.39, 0.29) is 19.1 Å². The van der Waals surface area contributed by atoms with Gasteiger partial charge in [-0.3, -0.25) is 9.36 Å². The van der Waals surface area contributed by atoms with Gasteiger partial charge in [0, 0.05) is 6.42 Å². The van der Waals surface area contributed by atoms with Gasteiger partial charge in [-0.05, 0) is 19.3 Å². The molecule has 0 fully saturated rings. The highest BCUT2D eigenvalue weighted by Crippen LogP contribution is 2.38. The summed E-state index contributed by atoms with van der Waals surface area (Å²) in [7, 11) is 1.28. The average Bonchev–Trinajstić information content (AvgIpc) is 3.26. The van der Waals surface area contributed by atoms with Crippen molar-refractivity contribution in [2.45, 2.75) is 302 Å². The highest BCUT2D eigenvalue weighted by Gasteiger charge is 2.23. The van der Waals surface area contributed by atoms with Crippen molar-refractivity contribution in [3.05, 3.63) is 12.2 Å². The van der Waals surface area contributed by atoms with Gasteiger partial charge in [0.2, 0.25) is 5.91 Å². The van der Waals surface area contributed by atoms with Crippen LogP contribution in [-0.4, -0.2) is 68.5 Å². The molecular formula is C56H113N2O6P. The lowest BCUT2D eigenvalue weighted by Gasteiger charge is -2.29. The molecule has 0 radical (unpaired) electrons. The fourth-order valence-electron chi connectivity index (χ4n) is 8.74. The molecule has 9 heteroatoms. The predicted octanol–water partition coefficient (Wildman–Crippen LogP) is 16.4. The first kappa shape index (κ1) is 64.2. The second-order valence-corrected chi connectivity index (χ2v) is 22.4. The van der Waals surface area contributed by atoms with Crippen molar-refractivity contribution in [2.75, 3.05) is 40.9 Å². The molecule has 0 aliphatic rings. The molecular weight excluding hydrogens is 828 g/mol. The molecule has 0 rings (SSSR count). The first-order valence-corrected chi connectivity index (χ1v) is 30.0. The van der Waals surface area contributed by atoms with Crippen LogP contribution in [0.4, 0.5) is 0 Å². The minimum absolute atomic E-state index is 0.00268. The minimum atomic E-state index is -4.59. The molecule has 0 saturated heterocycles. The third kappa shape index (κ3) is 50.9. The van der Waals surface area contributed by atoms with Crippen LogP contribution in [0, 0.1) is 0 Å². The van der Waals surface area contributed by atoms with Gasteiger partial charge in [0.15, 0.2) is 0 Å². The van der Waals surface area contributed by atoms with E-state index in [1.165, 1.54) is 231 Å². The Kier molecular flexibility index (Phi) is 47.7. The number of aliphatic hydroxyl groups is 1. The van der Waals surface area contributed by atoms with Crippen LogP contribution in [0.25, 0.3) is 0 Å². The van der Waals surface area contributed by atoms with Gasteiger partial charge in [0.05, 0.1) is 39.9 Å². The van der Waals surface area contributed by atoms with Crippen molar-refractivity contribution in [1.29, 1.82) is 0 Å². The standard InChI is InChI=1S/C56H113N2O6P/c1-6-8-10-12-14-16-18-20-22-24-26-28-29-30-32-34-36-38-40-42-44-46-48-50-56(60)57-54(53-64-65(61,62)63-52-51-58(3,4)5)55(59)49-47-45-43-41-39-37-35-33-31-27-25-23-21-19-17-15-13-11-9-7-2/h47,49,54-55,59H,6-46,48,50-53H2,1-5H3,(H-,57,60,61,62)/b49-47+. The maximum Gasteiger partial charge on any atom is 0.268 e. The van der Waals surface area contributed by atoms with Gasteiger partial charge in [0.25, 0.3) is 7.82 Å². The molecule has 65 heavy (non-hydrogen) atoms. The Balaban J connectivity index is 4.19. The highest BCUT2D eigenvalue weighted by molar-refractivity contribution is 7.45. The van der Waals surface area contributed by atoms with Gasteiger partial charge in [-0.15, -0.1) is 0 Å². The maximum absolute atomic E-state index is 13.0. The normalized spacial score (nSPS) is 14.0. The second kappa shape index (κ2) is 48.3. The summed E-state index contributed by atoms with van der Waals surface area (Å²) in [5.74, 6) is -0.190. The van der Waals surface area contributed by atoms with Gasteiger partial charge in [-0.2, -0.15) is 0 Å². The van der Waals surface area contributed by atoms with Crippen LogP contribution in [0.15, 0.2) is 12.2 Å². The van der Waals surface area contributed by atoms with E-state index in [1.54, 1.807) is 6.08 Å². The number of carbonyl (C=O) groups excluding carboxylic acids is 1. The van der Waals surface area contributed by atoms with Crippen molar-refractivity contribution >= 4 is 13.7 Å². The number of hydrogen-bond donors (Lipinski definition) is 2. The molecule has 8 nitrogen and oxygen atoms in total. The third-order valence-electron chi connectivity index (χ3n) is 13.2. The first-order valence-electron chi connectivity index (χ1n) is 28.6. The van der Waals surface area contributed by atoms with Gasteiger partial charge in [0.1, 0.15) is 13.2 Å². The van der Waals surface area contributed by atoms with Crippen LogP contribution < -0.4 is 10.2 Å². The van der Waals surface area contributed by atoms with E-state index in [1.807, 2.05) is 27.2 Å². The Bertz CT molecular complexity index is 1070. The summed E-state index contributed by atoms with van der Waals surface area (Å²) in [6.45, 7) is 4.70. The number of unbranched alkanes of at least 4 members (excludes halogenated alkanes) is 40. The molecule has 0 aromatic carbocycles.